The summed E-state index contributed by atoms with van der Waals surface area (Å²) in [6, 6.07) is 12.0. The second-order valence-corrected chi connectivity index (χ2v) is 7.29. The zero-order chi connectivity index (χ0) is 22.9. The van der Waals surface area contributed by atoms with E-state index >= 15 is 0 Å². The minimum absolute atomic E-state index is 0.449. The standard InChI is InChI=1S/C24H33N5O3/c1-6-25-24(27-16-18-14-22(31-4)23(32-5)15-21(18)30-3)26-12-9-13-29-17(2)28-19-10-7-8-11-20(19)29/h7-8,10-11,14-15H,6,9,12-13,16H2,1-5H3,(H2,25,26,27). The van der Waals surface area contributed by atoms with Gasteiger partial charge in [-0.1, -0.05) is 12.1 Å². The lowest BCUT2D eigenvalue weighted by atomic mass is 10.1. The number of imidazole rings is 1. The molecule has 0 aliphatic carbocycles. The number of aromatic nitrogens is 2. The van der Waals surface area contributed by atoms with Crippen molar-refractivity contribution in [2.24, 2.45) is 4.99 Å². The van der Waals surface area contributed by atoms with Gasteiger partial charge in [0, 0.05) is 31.3 Å². The molecule has 8 nitrogen and oxygen atoms in total. The van der Waals surface area contributed by atoms with Crippen LogP contribution < -0.4 is 24.8 Å². The normalized spacial score (nSPS) is 11.5. The van der Waals surface area contributed by atoms with Crippen molar-refractivity contribution < 1.29 is 14.2 Å². The first kappa shape index (κ1) is 23.2. The number of hydrogen-bond acceptors (Lipinski definition) is 5. The van der Waals surface area contributed by atoms with Gasteiger partial charge in [-0.25, -0.2) is 9.98 Å². The Hall–Kier alpha value is -3.42. The van der Waals surface area contributed by atoms with Gasteiger partial charge in [0.15, 0.2) is 17.5 Å². The van der Waals surface area contributed by atoms with Crippen molar-refractivity contribution in [3.8, 4) is 17.2 Å². The predicted molar refractivity (Wildman–Crippen MR) is 128 cm³/mol. The number of nitrogens with one attached hydrogen (secondary N) is 2. The minimum Gasteiger partial charge on any atom is -0.496 e. The molecular weight excluding hydrogens is 406 g/mol. The molecule has 0 saturated carbocycles. The minimum atomic E-state index is 0.449. The van der Waals surface area contributed by atoms with Gasteiger partial charge in [-0.2, -0.15) is 0 Å². The van der Waals surface area contributed by atoms with Crippen LogP contribution in [0.3, 0.4) is 0 Å². The van der Waals surface area contributed by atoms with E-state index in [0.29, 0.717) is 23.8 Å². The maximum atomic E-state index is 5.51. The Morgan fingerprint density at radius 1 is 1.00 bits per heavy atom. The highest BCUT2D eigenvalue weighted by atomic mass is 16.5. The molecule has 0 fully saturated rings. The largest absolute Gasteiger partial charge is 0.496 e. The third kappa shape index (κ3) is 5.43. The number of para-hydroxylation sites is 2. The highest BCUT2D eigenvalue weighted by Crippen LogP contribution is 2.34. The van der Waals surface area contributed by atoms with E-state index in [1.54, 1.807) is 21.3 Å². The molecule has 0 saturated heterocycles. The number of rotatable bonds is 10. The Morgan fingerprint density at radius 3 is 2.44 bits per heavy atom. The van der Waals surface area contributed by atoms with Gasteiger partial charge in [0.1, 0.15) is 11.6 Å². The van der Waals surface area contributed by atoms with E-state index in [9.17, 15) is 0 Å². The molecule has 0 aliphatic rings. The van der Waals surface area contributed by atoms with Crippen LogP contribution in [0.25, 0.3) is 11.0 Å². The van der Waals surface area contributed by atoms with Gasteiger partial charge in [-0.05, 0) is 38.5 Å². The summed E-state index contributed by atoms with van der Waals surface area (Å²) < 4.78 is 18.5. The van der Waals surface area contributed by atoms with Gasteiger partial charge in [0.05, 0.1) is 38.9 Å². The van der Waals surface area contributed by atoms with Crippen molar-refractivity contribution in [2.45, 2.75) is 33.4 Å². The summed E-state index contributed by atoms with van der Waals surface area (Å²) in [4.78, 5) is 9.36. The van der Waals surface area contributed by atoms with Gasteiger partial charge in [-0.3, -0.25) is 0 Å². The number of methoxy groups -OCH3 is 3. The number of hydrogen-bond donors (Lipinski definition) is 2. The van der Waals surface area contributed by atoms with E-state index in [2.05, 4.69) is 52.2 Å². The molecule has 32 heavy (non-hydrogen) atoms. The number of nitrogens with zero attached hydrogens (tertiary/aromatic N) is 3. The van der Waals surface area contributed by atoms with Crippen LogP contribution in [0.4, 0.5) is 0 Å². The van der Waals surface area contributed by atoms with E-state index in [1.165, 1.54) is 5.52 Å². The van der Waals surface area contributed by atoms with Crippen LogP contribution in [0, 0.1) is 6.92 Å². The summed E-state index contributed by atoms with van der Waals surface area (Å²) in [6.07, 6.45) is 0.950. The first-order chi connectivity index (χ1) is 15.6. The Labute approximate surface area is 189 Å². The second-order valence-electron chi connectivity index (χ2n) is 7.29. The highest BCUT2D eigenvalue weighted by Gasteiger charge is 2.12. The van der Waals surface area contributed by atoms with Gasteiger partial charge in [0.2, 0.25) is 0 Å². The molecule has 1 aromatic heterocycles. The van der Waals surface area contributed by atoms with E-state index in [-0.39, 0.29) is 0 Å². The van der Waals surface area contributed by atoms with Gasteiger partial charge < -0.3 is 29.4 Å². The molecule has 0 spiro atoms. The molecule has 8 heteroatoms. The smallest absolute Gasteiger partial charge is 0.191 e. The summed E-state index contributed by atoms with van der Waals surface area (Å²) in [5, 5.41) is 6.72. The number of guanidine groups is 1. The number of aryl methyl sites for hydroxylation is 2. The molecule has 0 bridgehead atoms. The van der Waals surface area contributed by atoms with Crippen molar-refractivity contribution in [3.05, 3.63) is 47.8 Å². The van der Waals surface area contributed by atoms with Crippen LogP contribution in [-0.2, 0) is 13.1 Å². The molecule has 0 amide bonds. The summed E-state index contributed by atoms with van der Waals surface area (Å²) in [5.74, 6) is 3.79. The fourth-order valence-electron chi connectivity index (χ4n) is 3.64. The maximum Gasteiger partial charge on any atom is 0.191 e. The van der Waals surface area contributed by atoms with E-state index in [1.807, 2.05) is 18.2 Å². The van der Waals surface area contributed by atoms with Crippen LogP contribution >= 0.6 is 0 Å². The quantitative estimate of drug-likeness (QED) is 0.286. The first-order valence-corrected chi connectivity index (χ1v) is 10.8. The third-order valence-corrected chi connectivity index (χ3v) is 5.23. The molecule has 0 radical (unpaired) electrons. The lowest BCUT2D eigenvalue weighted by Crippen LogP contribution is -2.38. The van der Waals surface area contributed by atoms with Crippen LogP contribution in [-0.4, -0.2) is 49.9 Å². The number of benzene rings is 2. The number of aliphatic imine (C=N–C) groups is 1. The third-order valence-electron chi connectivity index (χ3n) is 5.23. The average Bonchev–Trinajstić information content (AvgIpc) is 3.14. The molecule has 0 aliphatic heterocycles. The number of fused-ring (bicyclic) bond motifs is 1. The fraction of sp³-hybridized carbons (Fsp3) is 0.417. The van der Waals surface area contributed by atoms with Crippen LogP contribution in [0.1, 0.15) is 24.7 Å². The molecule has 172 valence electrons. The van der Waals surface area contributed by atoms with Gasteiger partial charge in [-0.15, -0.1) is 0 Å². The summed E-state index contributed by atoms with van der Waals surface area (Å²) in [6.45, 7) is 7.01. The lowest BCUT2D eigenvalue weighted by Gasteiger charge is -2.15. The van der Waals surface area contributed by atoms with Crippen LogP contribution in [0.2, 0.25) is 0 Å². The van der Waals surface area contributed by atoms with Gasteiger partial charge >= 0.3 is 0 Å². The monoisotopic (exact) mass is 439 g/mol. The highest BCUT2D eigenvalue weighted by molar-refractivity contribution is 5.79. The fourth-order valence-corrected chi connectivity index (χ4v) is 3.64. The summed E-state index contributed by atoms with van der Waals surface area (Å²) >= 11 is 0. The lowest BCUT2D eigenvalue weighted by molar-refractivity contribution is 0.347. The SMILES string of the molecule is CCNC(=NCc1cc(OC)c(OC)cc1OC)NCCCn1c(C)nc2ccccc21. The Balaban J connectivity index is 1.63. The molecule has 2 N–H and O–H groups in total. The van der Waals surface area contributed by atoms with Crippen molar-refractivity contribution in [2.75, 3.05) is 34.4 Å². The molecule has 1 heterocycles. The molecular formula is C24H33N5O3. The molecule has 0 unspecified atom stereocenters. The van der Waals surface area contributed by atoms with Crippen molar-refractivity contribution in [1.82, 2.24) is 20.2 Å². The average molecular weight is 440 g/mol. The predicted octanol–water partition coefficient (Wildman–Crippen LogP) is 3.52. The van der Waals surface area contributed by atoms with E-state index < -0.39 is 0 Å². The van der Waals surface area contributed by atoms with Crippen LogP contribution in [0.15, 0.2) is 41.4 Å². The Bertz CT molecular complexity index is 1060. The Kier molecular flexibility index (Phi) is 8.19. The summed E-state index contributed by atoms with van der Waals surface area (Å²) in [7, 11) is 4.87. The molecule has 2 aromatic carbocycles. The molecule has 0 atom stereocenters. The van der Waals surface area contributed by atoms with Crippen molar-refractivity contribution in [3.63, 3.8) is 0 Å². The van der Waals surface area contributed by atoms with Crippen molar-refractivity contribution in [1.29, 1.82) is 0 Å². The Morgan fingerprint density at radius 2 is 1.72 bits per heavy atom. The second kappa shape index (κ2) is 11.3. The zero-order valence-corrected chi connectivity index (χ0v) is 19.6. The zero-order valence-electron chi connectivity index (χ0n) is 19.6. The molecule has 3 aromatic rings. The van der Waals surface area contributed by atoms with Crippen molar-refractivity contribution >= 4 is 17.0 Å². The van der Waals surface area contributed by atoms with Gasteiger partial charge in [0.25, 0.3) is 0 Å². The maximum absolute atomic E-state index is 5.51. The molecule has 3 rings (SSSR count). The van der Waals surface area contributed by atoms with E-state index in [4.69, 9.17) is 19.2 Å². The first-order valence-electron chi connectivity index (χ1n) is 10.8. The van der Waals surface area contributed by atoms with Crippen LogP contribution in [0.5, 0.6) is 17.2 Å². The number of ether oxygens (including phenoxy) is 3. The summed E-state index contributed by atoms with van der Waals surface area (Å²) in [5.41, 5.74) is 3.13. The topological polar surface area (TPSA) is 81.9 Å². The van der Waals surface area contributed by atoms with E-state index in [0.717, 1.165) is 48.9 Å².